The molecule has 5 N–H and O–H groups in total. The molecule has 0 saturated carbocycles. The molecule has 1 aliphatic carbocycles. The Labute approximate surface area is 161 Å². The molecular formula is C20H22N4O4. The maximum atomic E-state index is 12.5. The number of hydrogen-bond donors (Lipinski definition) is 4. The molecule has 2 aromatic rings. The first-order valence-corrected chi connectivity index (χ1v) is 9.14. The molecule has 28 heavy (non-hydrogen) atoms. The van der Waals surface area contributed by atoms with Gasteiger partial charge in [-0.1, -0.05) is 12.1 Å². The van der Waals surface area contributed by atoms with Gasteiger partial charge in [-0.3, -0.25) is 14.4 Å². The molecule has 0 saturated heterocycles. The van der Waals surface area contributed by atoms with Crippen LogP contribution in [0.1, 0.15) is 64.3 Å². The Bertz CT molecular complexity index is 945. The predicted octanol–water partition coefficient (Wildman–Crippen LogP) is 2.74. The number of primary amides is 1. The second-order valence-electron chi connectivity index (χ2n) is 6.70. The van der Waals surface area contributed by atoms with E-state index in [0.717, 1.165) is 42.4 Å². The van der Waals surface area contributed by atoms with Crippen molar-refractivity contribution in [3.8, 4) is 0 Å². The Morgan fingerprint density at radius 2 is 2.07 bits per heavy atom. The molecule has 2 amide bonds. The van der Waals surface area contributed by atoms with Crippen LogP contribution in [-0.4, -0.2) is 32.9 Å². The summed E-state index contributed by atoms with van der Waals surface area (Å²) in [5.41, 5.74) is 8.70. The van der Waals surface area contributed by atoms with Crippen molar-refractivity contribution in [2.24, 2.45) is 5.73 Å². The maximum Gasteiger partial charge on any atom is 0.303 e. The zero-order chi connectivity index (χ0) is 20.1. The smallest absolute Gasteiger partial charge is 0.303 e. The van der Waals surface area contributed by atoms with Crippen LogP contribution in [0.5, 0.6) is 0 Å². The van der Waals surface area contributed by atoms with E-state index < -0.39 is 17.8 Å². The van der Waals surface area contributed by atoms with Gasteiger partial charge in [0.05, 0.1) is 0 Å². The number of nitrogens with one attached hydrogen (secondary N) is 2. The summed E-state index contributed by atoms with van der Waals surface area (Å²) in [6, 6.07) is 5.52. The largest absolute Gasteiger partial charge is 0.481 e. The van der Waals surface area contributed by atoms with Crippen molar-refractivity contribution in [1.82, 2.24) is 9.97 Å². The third-order valence-corrected chi connectivity index (χ3v) is 4.64. The lowest BCUT2D eigenvalue weighted by Crippen LogP contribution is -2.16. The minimum atomic E-state index is -0.848. The fraction of sp³-hybridized carbons (Fsp3) is 0.300. The van der Waals surface area contributed by atoms with Crippen LogP contribution in [0.3, 0.4) is 0 Å². The number of nitrogens with zero attached hydrogens (tertiary/aromatic N) is 1. The molecule has 3 rings (SSSR count). The molecule has 0 fully saturated rings. The van der Waals surface area contributed by atoms with Crippen molar-refractivity contribution < 1.29 is 19.5 Å². The average Bonchev–Trinajstić information content (AvgIpc) is 3.18. The molecule has 0 unspecified atom stereocenters. The van der Waals surface area contributed by atoms with Gasteiger partial charge in [0.15, 0.2) is 5.82 Å². The number of carboxylic acids is 1. The number of aromatic nitrogens is 2. The Morgan fingerprint density at radius 1 is 1.25 bits per heavy atom. The highest BCUT2D eigenvalue weighted by molar-refractivity contribution is 6.04. The molecule has 8 nitrogen and oxygen atoms in total. The number of rotatable bonds is 7. The van der Waals surface area contributed by atoms with E-state index in [4.69, 9.17) is 10.8 Å². The van der Waals surface area contributed by atoms with Crippen molar-refractivity contribution in [3.05, 3.63) is 53.1 Å². The Morgan fingerprint density at radius 3 is 2.71 bits per heavy atom. The average molecular weight is 382 g/mol. The molecule has 8 heteroatoms. The van der Waals surface area contributed by atoms with Gasteiger partial charge in [-0.25, -0.2) is 4.98 Å². The zero-order valence-electron chi connectivity index (χ0n) is 15.3. The van der Waals surface area contributed by atoms with E-state index in [1.807, 2.05) is 12.1 Å². The minimum absolute atomic E-state index is 0.00710. The van der Waals surface area contributed by atoms with Crippen LogP contribution in [0, 0.1) is 0 Å². The summed E-state index contributed by atoms with van der Waals surface area (Å²) in [7, 11) is 0. The van der Waals surface area contributed by atoms with E-state index in [-0.39, 0.29) is 17.9 Å². The van der Waals surface area contributed by atoms with Crippen molar-refractivity contribution >= 4 is 29.0 Å². The molecule has 1 aliphatic rings. The van der Waals surface area contributed by atoms with E-state index in [2.05, 4.69) is 21.4 Å². The number of aromatic amines is 1. The molecule has 0 aliphatic heterocycles. The van der Waals surface area contributed by atoms with Gasteiger partial charge >= 0.3 is 5.97 Å². The number of aryl methyl sites for hydroxylation is 1. The molecule has 0 radical (unpaired) electrons. The first-order chi connectivity index (χ1) is 13.4. The number of aliphatic carboxylic acids is 1. The fourth-order valence-corrected chi connectivity index (χ4v) is 3.20. The molecule has 1 aromatic carbocycles. The fourth-order valence-electron chi connectivity index (χ4n) is 3.20. The monoisotopic (exact) mass is 382 g/mol. The van der Waals surface area contributed by atoms with Gasteiger partial charge in [0, 0.05) is 23.9 Å². The Kier molecular flexibility index (Phi) is 5.88. The lowest BCUT2D eigenvalue weighted by molar-refractivity contribution is -0.136. The SMILES string of the molecule is NC(=O)c1c[nH]c(C(=O)Nc2ccc(CCC(=O)O)cc2C2=CCCCC2)n1. The number of carbonyl (C=O) groups excluding carboxylic acids is 2. The van der Waals surface area contributed by atoms with Crippen molar-refractivity contribution in [1.29, 1.82) is 0 Å². The molecule has 0 bridgehead atoms. The lowest BCUT2D eigenvalue weighted by atomic mass is 9.91. The van der Waals surface area contributed by atoms with Gasteiger partial charge in [0.25, 0.3) is 11.8 Å². The summed E-state index contributed by atoms with van der Waals surface area (Å²) in [4.78, 5) is 41.1. The van der Waals surface area contributed by atoms with Crippen LogP contribution in [0.15, 0.2) is 30.5 Å². The Balaban J connectivity index is 1.87. The van der Waals surface area contributed by atoms with Gasteiger partial charge < -0.3 is 21.1 Å². The number of hydrogen-bond acceptors (Lipinski definition) is 4. The third-order valence-electron chi connectivity index (χ3n) is 4.64. The summed E-state index contributed by atoms with van der Waals surface area (Å²) < 4.78 is 0. The first kappa shape index (κ1) is 19.3. The number of carbonyl (C=O) groups is 3. The predicted molar refractivity (Wildman–Crippen MR) is 104 cm³/mol. The standard InChI is InChI=1S/C20H22N4O4/c21-18(27)16-11-22-19(23-16)20(28)24-15-8-6-12(7-9-17(25)26)10-14(15)13-4-2-1-3-5-13/h4,6,8,10-11H,1-3,5,7,9H2,(H2,21,27)(H,22,23)(H,24,28)(H,25,26). The number of H-pyrrole nitrogens is 1. The minimum Gasteiger partial charge on any atom is -0.481 e. The molecule has 0 atom stereocenters. The first-order valence-electron chi connectivity index (χ1n) is 9.14. The molecule has 1 heterocycles. The number of nitrogens with two attached hydrogens (primary N) is 1. The van der Waals surface area contributed by atoms with Gasteiger partial charge in [0.2, 0.25) is 0 Å². The molecule has 146 valence electrons. The van der Waals surface area contributed by atoms with Crippen molar-refractivity contribution in [2.45, 2.75) is 38.5 Å². The number of anilines is 1. The second kappa shape index (κ2) is 8.51. The molecule has 1 aromatic heterocycles. The van der Waals surface area contributed by atoms with Crippen LogP contribution >= 0.6 is 0 Å². The van der Waals surface area contributed by atoms with E-state index in [1.54, 1.807) is 6.07 Å². The van der Waals surface area contributed by atoms with E-state index in [9.17, 15) is 14.4 Å². The summed E-state index contributed by atoms with van der Waals surface area (Å²) in [5, 5.41) is 11.7. The maximum absolute atomic E-state index is 12.5. The van der Waals surface area contributed by atoms with Crippen LogP contribution in [0.25, 0.3) is 5.57 Å². The summed E-state index contributed by atoms with van der Waals surface area (Å²) >= 11 is 0. The lowest BCUT2D eigenvalue weighted by Gasteiger charge is -2.18. The van der Waals surface area contributed by atoms with Crippen LogP contribution < -0.4 is 11.1 Å². The second-order valence-corrected chi connectivity index (χ2v) is 6.70. The number of imidazole rings is 1. The Hall–Kier alpha value is -3.42. The van der Waals surface area contributed by atoms with E-state index >= 15 is 0 Å². The van der Waals surface area contributed by atoms with Gasteiger partial charge in [-0.2, -0.15) is 0 Å². The van der Waals surface area contributed by atoms with Gasteiger partial charge in [-0.15, -0.1) is 0 Å². The van der Waals surface area contributed by atoms with Crippen LogP contribution in [0.4, 0.5) is 5.69 Å². The zero-order valence-corrected chi connectivity index (χ0v) is 15.3. The van der Waals surface area contributed by atoms with Gasteiger partial charge in [-0.05, 0) is 55.4 Å². The quantitative estimate of drug-likeness (QED) is 0.583. The summed E-state index contributed by atoms with van der Waals surface area (Å²) in [6.07, 6.45) is 7.99. The molecular weight excluding hydrogens is 360 g/mol. The number of amides is 2. The number of allylic oxidation sites excluding steroid dienone is 2. The highest BCUT2D eigenvalue weighted by Gasteiger charge is 2.17. The summed E-state index contributed by atoms with van der Waals surface area (Å²) in [6.45, 7) is 0. The third kappa shape index (κ3) is 4.64. The van der Waals surface area contributed by atoms with E-state index in [1.165, 1.54) is 6.20 Å². The normalized spacial score (nSPS) is 13.6. The summed E-state index contributed by atoms with van der Waals surface area (Å²) in [5.74, 6) is -2.05. The highest BCUT2D eigenvalue weighted by Crippen LogP contribution is 2.33. The van der Waals surface area contributed by atoms with Crippen molar-refractivity contribution in [2.75, 3.05) is 5.32 Å². The van der Waals surface area contributed by atoms with Crippen LogP contribution in [-0.2, 0) is 11.2 Å². The highest BCUT2D eigenvalue weighted by atomic mass is 16.4. The molecule has 0 spiro atoms. The topological polar surface area (TPSA) is 138 Å². The number of carboxylic acid groups (broad SMARTS) is 1. The van der Waals surface area contributed by atoms with Crippen molar-refractivity contribution in [3.63, 3.8) is 0 Å². The van der Waals surface area contributed by atoms with Gasteiger partial charge in [0.1, 0.15) is 5.69 Å². The van der Waals surface area contributed by atoms with Crippen LogP contribution in [0.2, 0.25) is 0 Å². The van der Waals surface area contributed by atoms with E-state index in [0.29, 0.717) is 12.1 Å². The number of benzene rings is 1.